The molecule has 0 radical (unpaired) electrons. The van der Waals surface area contributed by atoms with Crippen molar-refractivity contribution in [3.05, 3.63) is 97.3 Å². The highest BCUT2D eigenvalue weighted by atomic mass is 32.1. The van der Waals surface area contributed by atoms with Crippen LogP contribution in [0, 0.1) is 4.77 Å². The van der Waals surface area contributed by atoms with Crippen LogP contribution in [0.2, 0.25) is 0 Å². The molecule has 37 heavy (non-hydrogen) atoms. The minimum absolute atomic E-state index is 0.152. The summed E-state index contributed by atoms with van der Waals surface area (Å²) >= 11 is 5.41. The molecule has 0 spiro atoms. The Morgan fingerprint density at radius 1 is 1.08 bits per heavy atom. The topological polar surface area (TPSA) is 76.7 Å². The number of fused-ring (bicyclic) bond motifs is 1. The van der Waals surface area contributed by atoms with Crippen LogP contribution >= 0.6 is 12.2 Å². The Labute approximate surface area is 221 Å². The van der Waals surface area contributed by atoms with Crippen LogP contribution in [0.4, 0.5) is 5.69 Å². The Balaban J connectivity index is 1.87. The van der Waals surface area contributed by atoms with Gasteiger partial charge in [0.05, 0.1) is 18.4 Å². The molecule has 0 amide bonds. The standard InChI is InChI=1S/C29H31N3O4S/c1-6-30-25(33)21(26(34)31(7-2)28(30)37)16-17-24-29(3,4)22-10-8-9-11-23(22)32(24)18-19-12-14-20(15-13-19)27(35)36-5/h8-16,33H,6-7,18H2,1-5H3. The Kier molecular flexibility index (Phi) is 7.25. The highest BCUT2D eigenvalue weighted by Gasteiger charge is 2.40. The fourth-order valence-corrected chi connectivity index (χ4v) is 5.26. The van der Waals surface area contributed by atoms with Crippen molar-refractivity contribution in [2.45, 2.75) is 52.7 Å². The van der Waals surface area contributed by atoms with E-state index in [0.29, 0.717) is 30.0 Å². The van der Waals surface area contributed by atoms with Crippen molar-refractivity contribution in [3.8, 4) is 5.88 Å². The molecule has 0 unspecified atom stereocenters. The molecule has 192 valence electrons. The average molecular weight is 518 g/mol. The SMILES string of the molecule is CCn1c(O)c(C=C=C2N(Cc3ccc(C(=O)OC)cc3)c3ccccc3C2(C)C)c(=O)n(CC)c1=S. The predicted octanol–water partition coefficient (Wildman–Crippen LogP) is 5.41. The maximum absolute atomic E-state index is 13.2. The number of para-hydroxylation sites is 1. The van der Waals surface area contributed by atoms with Crippen LogP contribution in [0.5, 0.6) is 5.88 Å². The van der Waals surface area contributed by atoms with Crippen molar-refractivity contribution in [2.75, 3.05) is 12.0 Å². The van der Waals surface area contributed by atoms with E-state index < -0.39 is 5.41 Å². The summed E-state index contributed by atoms with van der Waals surface area (Å²) < 4.78 is 8.13. The molecule has 1 aliphatic heterocycles. The number of carbonyl (C=O) groups excluding carboxylic acids is 1. The summed E-state index contributed by atoms with van der Waals surface area (Å²) in [5, 5.41) is 10.9. The Hall–Kier alpha value is -3.87. The molecule has 0 atom stereocenters. The third-order valence-electron chi connectivity index (χ3n) is 6.87. The molecule has 0 bridgehead atoms. The Bertz CT molecular complexity index is 1540. The molecule has 0 saturated heterocycles. The normalized spacial score (nSPS) is 13.8. The van der Waals surface area contributed by atoms with Gasteiger partial charge in [0.25, 0.3) is 5.56 Å². The lowest BCUT2D eigenvalue weighted by Gasteiger charge is -2.25. The van der Waals surface area contributed by atoms with Gasteiger partial charge in [-0.05, 0) is 69.2 Å². The van der Waals surface area contributed by atoms with Gasteiger partial charge in [0.15, 0.2) is 4.77 Å². The van der Waals surface area contributed by atoms with Crippen molar-refractivity contribution >= 4 is 30.0 Å². The highest BCUT2D eigenvalue weighted by molar-refractivity contribution is 7.71. The van der Waals surface area contributed by atoms with Gasteiger partial charge in [-0.15, -0.1) is 0 Å². The average Bonchev–Trinajstić information content (AvgIpc) is 3.10. The molecule has 1 aromatic heterocycles. The van der Waals surface area contributed by atoms with E-state index in [1.807, 2.05) is 38.1 Å². The summed E-state index contributed by atoms with van der Waals surface area (Å²) in [7, 11) is 1.36. The first-order chi connectivity index (χ1) is 17.6. The highest BCUT2D eigenvalue weighted by Crippen LogP contribution is 2.47. The molecule has 0 fully saturated rings. The number of esters is 1. The van der Waals surface area contributed by atoms with Gasteiger partial charge in [0.1, 0.15) is 5.56 Å². The summed E-state index contributed by atoms with van der Waals surface area (Å²) in [5.74, 6) is -0.539. The van der Waals surface area contributed by atoms with E-state index in [1.165, 1.54) is 11.7 Å². The monoisotopic (exact) mass is 517 g/mol. The lowest BCUT2D eigenvalue weighted by Crippen LogP contribution is -2.27. The minimum Gasteiger partial charge on any atom is -0.494 e. The molecular weight excluding hydrogens is 486 g/mol. The first kappa shape index (κ1) is 26.2. The zero-order valence-corrected chi connectivity index (χ0v) is 22.6. The molecule has 3 aromatic rings. The van der Waals surface area contributed by atoms with E-state index in [2.05, 4.69) is 36.6 Å². The third kappa shape index (κ3) is 4.54. The van der Waals surface area contributed by atoms with Gasteiger partial charge in [0, 0.05) is 36.8 Å². The largest absolute Gasteiger partial charge is 0.494 e. The summed E-state index contributed by atoms with van der Waals surface area (Å²) in [6, 6.07) is 15.5. The van der Waals surface area contributed by atoms with Gasteiger partial charge in [-0.1, -0.05) is 36.1 Å². The van der Waals surface area contributed by atoms with Crippen LogP contribution in [-0.2, 0) is 29.8 Å². The number of rotatable bonds is 6. The summed E-state index contributed by atoms with van der Waals surface area (Å²) in [5.41, 5.74) is 7.29. The van der Waals surface area contributed by atoms with E-state index in [9.17, 15) is 14.7 Å². The van der Waals surface area contributed by atoms with E-state index in [4.69, 9.17) is 17.0 Å². The van der Waals surface area contributed by atoms with Gasteiger partial charge >= 0.3 is 5.97 Å². The summed E-state index contributed by atoms with van der Waals surface area (Å²) in [4.78, 5) is 27.2. The fourth-order valence-electron chi connectivity index (χ4n) is 4.83. The maximum atomic E-state index is 13.2. The van der Waals surface area contributed by atoms with E-state index >= 15 is 0 Å². The van der Waals surface area contributed by atoms with Crippen LogP contribution in [-0.4, -0.2) is 27.3 Å². The number of benzene rings is 2. The number of ether oxygens (including phenoxy) is 1. The minimum atomic E-state index is -0.406. The Morgan fingerprint density at radius 2 is 1.73 bits per heavy atom. The Morgan fingerprint density at radius 3 is 2.35 bits per heavy atom. The molecular formula is C29H31N3O4S. The number of aromatic nitrogens is 2. The van der Waals surface area contributed by atoms with Crippen LogP contribution in [0.3, 0.4) is 0 Å². The molecule has 8 heteroatoms. The van der Waals surface area contributed by atoms with Gasteiger partial charge in [0.2, 0.25) is 5.88 Å². The van der Waals surface area contributed by atoms with Gasteiger partial charge in [-0.25, -0.2) is 4.79 Å². The van der Waals surface area contributed by atoms with Crippen molar-refractivity contribution < 1.29 is 14.6 Å². The summed E-state index contributed by atoms with van der Waals surface area (Å²) in [6.45, 7) is 9.33. The fraction of sp³-hybridized carbons (Fsp3) is 0.310. The third-order valence-corrected chi connectivity index (χ3v) is 7.31. The van der Waals surface area contributed by atoms with Gasteiger partial charge < -0.3 is 14.7 Å². The summed E-state index contributed by atoms with van der Waals surface area (Å²) in [6.07, 6.45) is 1.57. The molecule has 0 saturated carbocycles. The van der Waals surface area contributed by atoms with E-state index in [0.717, 1.165) is 22.5 Å². The van der Waals surface area contributed by atoms with Crippen molar-refractivity contribution in [2.24, 2.45) is 0 Å². The lowest BCUT2D eigenvalue weighted by molar-refractivity contribution is 0.0600. The van der Waals surface area contributed by atoms with Crippen LogP contribution in [0.1, 0.15) is 54.7 Å². The molecule has 7 nitrogen and oxygen atoms in total. The second-order valence-electron chi connectivity index (χ2n) is 9.37. The second-order valence-corrected chi connectivity index (χ2v) is 9.73. The number of hydrogen-bond acceptors (Lipinski definition) is 6. The number of methoxy groups -OCH3 is 1. The van der Waals surface area contributed by atoms with E-state index in [-0.39, 0.29) is 23.0 Å². The molecule has 1 aliphatic rings. The van der Waals surface area contributed by atoms with Crippen LogP contribution in [0.15, 0.2) is 64.8 Å². The van der Waals surface area contributed by atoms with Crippen molar-refractivity contribution in [1.29, 1.82) is 0 Å². The number of hydrogen-bond donors (Lipinski definition) is 1. The number of aromatic hydroxyl groups is 1. The van der Waals surface area contributed by atoms with Crippen molar-refractivity contribution in [1.82, 2.24) is 9.13 Å². The molecule has 1 N–H and O–H groups in total. The zero-order valence-electron chi connectivity index (χ0n) is 21.7. The van der Waals surface area contributed by atoms with Gasteiger partial charge in [-0.3, -0.25) is 13.9 Å². The second kappa shape index (κ2) is 10.2. The van der Waals surface area contributed by atoms with E-state index in [1.54, 1.807) is 22.8 Å². The molecule has 4 rings (SSSR count). The molecule has 2 heterocycles. The number of nitrogens with zero attached hydrogens (tertiary/aromatic N) is 3. The quantitative estimate of drug-likeness (QED) is 0.268. The maximum Gasteiger partial charge on any atom is 0.337 e. The van der Waals surface area contributed by atoms with Crippen LogP contribution in [0.25, 0.3) is 6.08 Å². The predicted molar refractivity (Wildman–Crippen MR) is 147 cm³/mol. The smallest absolute Gasteiger partial charge is 0.337 e. The number of carbonyl (C=O) groups is 1. The number of allylic oxidation sites excluding steroid dienone is 1. The van der Waals surface area contributed by atoms with Crippen LogP contribution < -0.4 is 10.5 Å². The molecule has 0 aliphatic carbocycles. The number of anilines is 1. The zero-order chi connectivity index (χ0) is 26.9. The lowest BCUT2D eigenvalue weighted by atomic mass is 9.84. The first-order valence-corrected chi connectivity index (χ1v) is 12.6. The molecule has 2 aromatic carbocycles. The van der Waals surface area contributed by atoms with Crippen molar-refractivity contribution in [3.63, 3.8) is 0 Å². The van der Waals surface area contributed by atoms with Gasteiger partial charge in [-0.2, -0.15) is 0 Å². The first-order valence-electron chi connectivity index (χ1n) is 12.2.